The van der Waals surface area contributed by atoms with Crippen LogP contribution in [-0.4, -0.2) is 38.6 Å². The maximum Gasteiger partial charge on any atom is 0.307 e. The summed E-state index contributed by atoms with van der Waals surface area (Å²) in [7, 11) is -4.18. The van der Waals surface area contributed by atoms with Crippen LogP contribution in [0.5, 0.6) is 0 Å². The van der Waals surface area contributed by atoms with Crippen LogP contribution in [0, 0.1) is 17.6 Å². The highest BCUT2D eigenvalue weighted by Crippen LogP contribution is 2.18. The zero-order chi connectivity index (χ0) is 15.6. The van der Waals surface area contributed by atoms with Gasteiger partial charge in [0, 0.05) is 25.2 Å². The zero-order valence-corrected chi connectivity index (χ0v) is 11.7. The number of hydrogen-bond acceptors (Lipinski definition) is 4. The van der Waals surface area contributed by atoms with Crippen molar-refractivity contribution in [2.24, 2.45) is 5.92 Å². The Morgan fingerprint density at radius 1 is 1.33 bits per heavy atom. The molecule has 2 rings (SSSR count). The summed E-state index contributed by atoms with van der Waals surface area (Å²) in [4.78, 5) is 10.2. The fraction of sp³-hybridized carbons (Fsp3) is 0.417. The lowest BCUT2D eigenvalue weighted by Crippen LogP contribution is -2.50. The summed E-state index contributed by atoms with van der Waals surface area (Å²) in [6, 6.07) is 1.48. The van der Waals surface area contributed by atoms with Crippen molar-refractivity contribution < 1.29 is 27.1 Å². The Morgan fingerprint density at radius 3 is 2.67 bits per heavy atom. The zero-order valence-electron chi connectivity index (χ0n) is 10.8. The van der Waals surface area contributed by atoms with Crippen molar-refractivity contribution >= 4 is 16.0 Å². The van der Waals surface area contributed by atoms with Gasteiger partial charge >= 0.3 is 5.97 Å². The van der Waals surface area contributed by atoms with Gasteiger partial charge in [-0.15, -0.1) is 0 Å². The number of piperidine rings is 1. The fourth-order valence-electron chi connectivity index (χ4n) is 2.20. The second-order valence-corrected chi connectivity index (χ2v) is 6.50. The van der Waals surface area contributed by atoms with E-state index in [9.17, 15) is 22.0 Å². The lowest BCUT2D eigenvalue weighted by Gasteiger charge is -2.28. The molecule has 1 aromatic rings. The summed E-state index contributed by atoms with van der Waals surface area (Å²) in [6.45, 7) is 0.490. The summed E-state index contributed by atoms with van der Waals surface area (Å²) in [6.07, 6.45) is 0.102. The van der Waals surface area contributed by atoms with Gasteiger partial charge in [0.1, 0.15) is 16.5 Å². The largest absolute Gasteiger partial charge is 0.481 e. The lowest BCUT2D eigenvalue weighted by molar-refractivity contribution is -0.142. The van der Waals surface area contributed by atoms with Crippen molar-refractivity contribution in [2.75, 3.05) is 13.1 Å². The Kier molecular flexibility index (Phi) is 4.55. The standard InChI is InChI=1S/C12H14F2N2O4S/c13-8-1-2-11(10(14)4-8)21(19,20)16-9-3-7(12(17)18)5-15-6-9/h1-2,4,7,9,15-16H,3,5-6H2,(H,17,18). The normalized spacial score (nSPS) is 23.0. The highest BCUT2D eigenvalue weighted by atomic mass is 32.2. The van der Waals surface area contributed by atoms with Crippen molar-refractivity contribution in [1.29, 1.82) is 0 Å². The predicted molar refractivity (Wildman–Crippen MR) is 69.1 cm³/mol. The van der Waals surface area contributed by atoms with Crippen LogP contribution in [-0.2, 0) is 14.8 Å². The first-order valence-corrected chi connectivity index (χ1v) is 7.69. The van der Waals surface area contributed by atoms with Gasteiger partial charge in [-0.2, -0.15) is 0 Å². The number of halogens is 2. The molecule has 3 N–H and O–H groups in total. The number of rotatable bonds is 4. The van der Waals surface area contributed by atoms with Gasteiger partial charge < -0.3 is 10.4 Å². The first kappa shape index (κ1) is 15.8. The van der Waals surface area contributed by atoms with E-state index >= 15 is 0 Å². The van der Waals surface area contributed by atoms with Crippen LogP contribution < -0.4 is 10.0 Å². The molecule has 0 aromatic heterocycles. The average molecular weight is 320 g/mol. The van der Waals surface area contributed by atoms with E-state index in [-0.39, 0.29) is 19.5 Å². The lowest BCUT2D eigenvalue weighted by atomic mass is 9.97. The van der Waals surface area contributed by atoms with Gasteiger partial charge in [-0.1, -0.05) is 0 Å². The van der Waals surface area contributed by atoms with E-state index in [2.05, 4.69) is 10.0 Å². The van der Waals surface area contributed by atoms with Crippen LogP contribution in [0.3, 0.4) is 0 Å². The molecule has 0 spiro atoms. The maximum atomic E-state index is 13.5. The van der Waals surface area contributed by atoms with Gasteiger partial charge in [-0.05, 0) is 18.6 Å². The molecule has 1 heterocycles. The van der Waals surface area contributed by atoms with Crippen LogP contribution in [0.15, 0.2) is 23.1 Å². The minimum atomic E-state index is -4.18. The van der Waals surface area contributed by atoms with Gasteiger partial charge in [-0.3, -0.25) is 4.79 Å². The highest BCUT2D eigenvalue weighted by Gasteiger charge is 2.30. The number of benzene rings is 1. The van der Waals surface area contributed by atoms with Crippen molar-refractivity contribution in [2.45, 2.75) is 17.4 Å². The third-order valence-corrected chi connectivity index (χ3v) is 4.76. The van der Waals surface area contributed by atoms with Gasteiger partial charge in [0.05, 0.1) is 5.92 Å². The fourth-order valence-corrected chi connectivity index (χ4v) is 3.50. The van der Waals surface area contributed by atoms with E-state index in [1.54, 1.807) is 0 Å². The van der Waals surface area contributed by atoms with Gasteiger partial charge in [0.15, 0.2) is 0 Å². The van der Waals surface area contributed by atoms with Crippen LogP contribution >= 0.6 is 0 Å². The molecular formula is C12H14F2N2O4S. The highest BCUT2D eigenvalue weighted by molar-refractivity contribution is 7.89. The molecule has 1 aliphatic rings. The molecule has 0 bridgehead atoms. The molecule has 0 saturated carbocycles. The Morgan fingerprint density at radius 2 is 2.05 bits per heavy atom. The van der Waals surface area contributed by atoms with Crippen LogP contribution in [0.4, 0.5) is 8.78 Å². The van der Waals surface area contributed by atoms with E-state index in [0.717, 1.165) is 12.1 Å². The molecule has 2 atom stereocenters. The summed E-state index contributed by atoms with van der Waals surface area (Å²) in [5.74, 6) is -3.82. The Bertz CT molecular complexity index is 651. The second kappa shape index (κ2) is 6.04. The molecule has 0 radical (unpaired) electrons. The number of carboxylic acids is 1. The first-order valence-electron chi connectivity index (χ1n) is 6.20. The van der Waals surface area contributed by atoms with Crippen molar-refractivity contribution in [3.63, 3.8) is 0 Å². The molecule has 6 nitrogen and oxygen atoms in total. The minimum absolute atomic E-state index is 0.102. The molecular weight excluding hydrogens is 306 g/mol. The second-order valence-electron chi connectivity index (χ2n) is 4.82. The third kappa shape index (κ3) is 3.74. The molecule has 2 unspecified atom stereocenters. The molecule has 116 valence electrons. The number of aliphatic carboxylic acids is 1. The van der Waals surface area contributed by atoms with Gasteiger partial charge in [0.25, 0.3) is 0 Å². The van der Waals surface area contributed by atoms with E-state index in [1.807, 2.05) is 0 Å². The SMILES string of the molecule is O=C(O)C1CNCC(NS(=O)(=O)c2ccc(F)cc2F)C1. The number of nitrogens with one attached hydrogen (secondary N) is 2. The first-order chi connectivity index (χ1) is 9.79. The van der Waals surface area contributed by atoms with Crippen LogP contribution in [0.2, 0.25) is 0 Å². The Balaban J connectivity index is 2.15. The number of carboxylic acid groups (broad SMARTS) is 1. The Labute approximate surface area is 120 Å². The Hall–Kier alpha value is -1.58. The van der Waals surface area contributed by atoms with E-state index < -0.39 is 44.5 Å². The molecule has 9 heteroatoms. The topological polar surface area (TPSA) is 95.5 Å². The summed E-state index contributed by atoms with van der Waals surface area (Å²) < 4.78 is 52.7. The molecule has 21 heavy (non-hydrogen) atoms. The van der Waals surface area contributed by atoms with E-state index in [4.69, 9.17) is 5.11 Å². The summed E-state index contributed by atoms with van der Waals surface area (Å²) in [5.41, 5.74) is 0. The summed E-state index contributed by atoms with van der Waals surface area (Å²) in [5, 5.41) is 11.7. The van der Waals surface area contributed by atoms with Crippen molar-refractivity contribution in [3.05, 3.63) is 29.8 Å². The molecule has 1 fully saturated rings. The quantitative estimate of drug-likeness (QED) is 0.742. The minimum Gasteiger partial charge on any atom is -0.481 e. The predicted octanol–water partition coefficient (Wildman–Crippen LogP) is 0.306. The van der Waals surface area contributed by atoms with Crippen molar-refractivity contribution in [3.8, 4) is 0 Å². The van der Waals surface area contributed by atoms with Crippen LogP contribution in [0.1, 0.15) is 6.42 Å². The molecule has 1 aromatic carbocycles. The number of hydrogen-bond donors (Lipinski definition) is 3. The molecule has 1 aliphatic heterocycles. The maximum absolute atomic E-state index is 13.5. The molecule has 1 saturated heterocycles. The molecule has 0 aliphatic carbocycles. The van der Waals surface area contributed by atoms with Gasteiger partial charge in [0.2, 0.25) is 10.0 Å². The number of sulfonamides is 1. The van der Waals surface area contributed by atoms with E-state index in [0.29, 0.717) is 6.07 Å². The molecule has 0 amide bonds. The average Bonchev–Trinajstić information content (AvgIpc) is 2.37. The third-order valence-electron chi connectivity index (χ3n) is 3.21. The van der Waals surface area contributed by atoms with Gasteiger partial charge in [-0.25, -0.2) is 21.9 Å². The summed E-state index contributed by atoms with van der Waals surface area (Å²) >= 11 is 0. The monoisotopic (exact) mass is 320 g/mol. The van der Waals surface area contributed by atoms with E-state index in [1.165, 1.54) is 0 Å². The smallest absolute Gasteiger partial charge is 0.307 e. The van der Waals surface area contributed by atoms with Crippen molar-refractivity contribution in [1.82, 2.24) is 10.0 Å². The number of carbonyl (C=O) groups is 1. The van der Waals surface area contributed by atoms with Crippen LogP contribution in [0.25, 0.3) is 0 Å².